The lowest BCUT2D eigenvalue weighted by molar-refractivity contribution is 0.0773. The first-order valence-corrected chi connectivity index (χ1v) is 13.5. The van der Waals surface area contributed by atoms with Crippen LogP contribution in [0.25, 0.3) is 5.57 Å². The highest BCUT2D eigenvalue weighted by Gasteiger charge is 2.36. The molecule has 0 saturated heterocycles. The van der Waals surface area contributed by atoms with Crippen LogP contribution in [0.2, 0.25) is 0 Å². The van der Waals surface area contributed by atoms with Crippen molar-refractivity contribution >= 4 is 11.5 Å². The van der Waals surface area contributed by atoms with E-state index in [1.165, 1.54) is 0 Å². The fraction of sp³-hybridized carbons (Fsp3) is 0.516. The van der Waals surface area contributed by atoms with Crippen LogP contribution < -0.4 is 9.47 Å². The third kappa shape index (κ3) is 7.13. The van der Waals surface area contributed by atoms with E-state index in [0.29, 0.717) is 13.1 Å². The first-order chi connectivity index (χ1) is 17.0. The monoisotopic (exact) mass is 481 g/mol. The zero-order valence-electron chi connectivity index (χ0n) is 23.5. The van der Waals surface area contributed by atoms with Gasteiger partial charge in [0.2, 0.25) is 0 Å². The summed E-state index contributed by atoms with van der Waals surface area (Å²) in [6.45, 7) is 17.8. The first kappa shape index (κ1) is 30.3. The summed E-state index contributed by atoms with van der Waals surface area (Å²) in [6.07, 6.45) is 6.25. The Morgan fingerprint density at radius 3 is 1.94 bits per heavy atom. The van der Waals surface area contributed by atoms with Crippen LogP contribution in [0.1, 0.15) is 103 Å². The van der Waals surface area contributed by atoms with E-state index < -0.39 is 0 Å². The van der Waals surface area contributed by atoms with E-state index in [2.05, 4.69) is 38.1 Å². The molecule has 0 N–H and O–H groups in total. The summed E-state index contributed by atoms with van der Waals surface area (Å²) in [5, 5.41) is 0. The topological polar surface area (TPSA) is 38.8 Å². The van der Waals surface area contributed by atoms with Gasteiger partial charge in [-0.15, -0.1) is 0 Å². The van der Waals surface area contributed by atoms with Crippen molar-refractivity contribution in [2.24, 2.45) is 0 Å². The molecule has 0 saturated carbocycles. The fourth-order valence-electron chi connectivity index (χ4n) is 4.51. The maximum absolute atomic E-state index is 12.7. The summed E-state index contributed by atoms with van der Waals surface area (Å²) in [4.78, 5) is 14.6. The number of fused-ring (bicyclic) bond motifs is 1. The highest BCUT2D eigenvalue weighted by molar-refractivity contribution is 5.95. The predicted molar refractivity (Wildman–Crippen MR) is 150 cm³/mol. The summed E-state index contributed by atoms with van der Waals surface area (Å²) in [6, 6.07) is 14.0. The molecule has 2 aromatic rings. The number of hydrogen-bond donors (Lipinski definition) is 0. The van der Waals surface area contributed by atoms with Crippen molar-refractivity contribution in [3.63, 3.8) is 0 Å². The van der Waals surface area contributed by atoms with Gasteiger partial charge in [-0.1, -0.05) is 78.6 Å². The molecule has 0 atom stereocenters. The molecule has 1 aliphatic rings. The maximum Gasteiger partial charge on any atom is 0.253 e. The summed E-state index contributed by atoms with van der Waals surface area (Å²) in [5.74, 6) is 1.64. The number of carbonyl (C=O) groups is 1. The van der Waals surface area contributed by atoms with E-state index in [1.807, 2.05) is 70.7 Å². The van der Waals surface area contributed by atoms with Crippen molar-refractivity contribution in [2.75, 3.05) is 20.2 Å². The van der Waals surface area contributed by atoms with Crippen molar-refractivity contribution in [3.8, 4) is 11.5 Å². The number of benzene rings is 2. The Morgan fingerprint density at radius 1 is 0.886 bits per heavy atom. The van der Waals surface area contributed by atoms with Gasteiger partial charge in [-0.2, -0.15) is 0 Å². The van der Waals surface area contributed by atoms with Crippen LogP contribution in [0.5, 0.6) is 11.5 Å². The number of ether oxygens (including phenoxy) is 2. The lowest BCUT2D eigenvalue weighted by atomic mass is 9.83. The second kappa shape index (κ2) is 15.3. The summed E-state index contributed by atoms with van der Waals surface area (Å²) >= 11 is 0. The largest absolute Gasteiger partial charge is 0.493 e. The van der Waals surface area contributed by atoms with Crippen LogP contribution in [0, 0.1) is 0 Å². The van der Waals surface area contributed by atoms with Gasteiger partial charge >= 0.3 is 0 Å². The number of nitrogens with zero attached hydrogens (tertiary/aromatic N) is 1. The highest BCUT2D eigenvalue weighted by Crippen LogP contribution is 2.47. The highest BCUT2D eigenvalue weighted by atomic mass is 16.5. The average Bonchev–Trinajstić information content (AvgIpc) is 2.91. The molecule has 0 spiro atoms. The molecule has 1 amide bonds. The lowest BCUT2D eigenvalue weighted by Gasteiger charge is -2.38. The SMILES string of the molecule is CC.CC.CCCC1(CCC)C=C(c2ccc(C(=O)N(CC)CC)cc2)c2cccc(OC)c2O1. The average molecular weight is 482 g/mol. The van der Waals surface area contributed by atoms with Gasteiger partial charge in [-0.05, 0) is 62.1 Å². The minimum atomic E-state index is -0.351. The Hall–Kier alpha value is -2.75. The van der Waals surface area contributed by atoms with Crippen molar-refractivity contribution in [1.29, 1.82) is 0 Å². The standard InChI is InChI=1S/C27H35NO3.2C2H6/c1-6-17-27(18-7-2)19-23(22-11-10-12-24(30-5)25(22)31-27)20-13-15-21(16-14-20)26(29)28(8-3)9-4;2*1-2/h10-16,19H,6-9,17-18H2,1-5H3;2*1-2H3. The normalized spacial score (nSPS) is 13.0. The smallest absolute Gasteiger partial charge is 0.253 e. The molecular weight excluding hydrogens is 434 g/mol. The van der Waals surface area contributed by atoms with Gasteiger partial charge in [0.15, 0.2) is 11.5 Å². The van der Waals surface area contributed by atoms with Gasteiger partial charge in [-0.25, -0.2) is 0 Å². The number of amides is 1. The molecule has 0 aromatic heterocycles. The molecule has 1 heterocycles. The number of rotatable bonds is 9. The summed E-state index contributed by atoms with van der Waals surface area (Å²) < 4.78 is 12.3. The van der Waals surface area contributed by atoms with Crippen molar-refractivity contribution < 1.29 is 14.3 Å². The van der Waals surface area contributed by atoms with Crippen LogP contribution in [-0.4, -0.2) is 36.6 Å². The molecule has 0 unspecified atom stereocenters. The van der Waals surface area contributed by atoms with Gasteiger partial charge < -0.3 is 14.4 Å². The van der Waals surface area contributed by atoms with E-state index in [0.717, 1.165) is 59.4 Å². The van der Waals surface area contributed by atoms with Gasteiger partial charge in [-0.3, -0.25) is 4.79 Å². The number of carbonyl (C=O) groups excluding carboxylic acids is 1. The molecule has 0 radical (unpaired) electrons. The molecule has 0 bridgehead atoms. The van der Waals surface area contributed by atoms with Crippen LogP contribution in [0.4, 0.5) is 0 Å². The molecule has 0 fully saturated rings. The molecule has 2 aromatic carbocycles. The quantitative estimate of drug-likeness (QED) is 0.361. The van der Waals surface area contributed by atoms with E-state index >= 15 is 0 Å². The van der Waals surface area contributed by atoms with Gasteiger partial charge in [0, 0.05) is 24.2 Å². The van der Waals surface area contributed by atoms with Crippen LogP contribution in [0.15, 0.2) is 48.5 Å². The molecule has 4 heteroatoms. The fourth-order valence-corrected chi connectivity index (χ4v) is 4.51. The van der Waals surface area contributed by atoms with E-state index in [4.69, 9.17) is 9.47 Å². The maximum atomic E-state index is 12.7. The minimum Gasteiger partial charge on any atom is -0.493 e. The van der Waals surface area contributed by atoms with E-state index in [9.17, 15) is 4.79 Å². The number of para-hydroxylation sites is 1. The molecule has 35 heavy (non-hydrogen) atoms. The number of methoxy groups -OCH3 is 1. The molecule has 1 aliphatic heterocycles. The predicted octanol–water partition coefficient (Wildman–Crippen LogP) is 8.39. The Balaban J connectivity index is 0.00000145. The third-order valence-electron chi connectivity index (χ3n) is 6.04. The first-order valence-electron chi connectivity index (χ1n) is 13.5. The molecule has 4 nitrogen and oxygen atoms in total. The second-order valence-corrected chi connectivity index (χ2v) is 8.12. The zero-order chi connectivity index (χ0) is 26.4. The van der Waals surface area contributed by atoms with Gasteiger partial charge in [0.05, 0.1) is 7.11 Å². The molecule has 3 rings (SSSR count). The van der Waals surface area contributed by atoms with E-state index in [-0.39, 0.29) is 11.5 Å². The van der Waals surface area contributed by atoms with Gasteiger partial charge in [0.25, 0.3) is 5.91 Å². The van der Waals surface area contributed by atoms with Crippen LogP contribution in [-0.2, 0) is 0 Å². The minimum absolute atomic E-state index is 0.0749. The second-order valence-electron chi connectivity index (χ2n) is 8.12. The number of hydrogen-bond acceptors (Lipinski definition) is 3. The van der Waals surface area contributed by atoms with Gasteiger partial charge in [0.1, 0.15) is 5.60 Å². The molecule has 0 aliphatic carbocycles. The van der Waals surface area contributed by atoms with Crippen molar-refractivity contribution in [3.05, 3.63) is 65.2 Å². The molecule has 194 valence electrons. The molecular formula is C31H47NO3. The van der Waals surface area contributed by atoms with Crippen LogP contribution in [0.3, 0.4) is 0 Å². The van der Waals surface area contributed by atoms with Crippen molar-refractivity contribution in [2.45, 2.75) is 86.7 Å². The van der Waals surface area contributed by atoms with Crippen LogP contribution >= 0.6 is 0 Å². The zero-order valence-corrected chi connectivity index (χ0v) is 23.5. The Labute approximate surface area is 214 Å². The Kier molecular flexibility index (Phi) is 13.2. The van der Waals surface area contributed by atoms with Crippen molar-refractivity contribution in [1.82, 2.24) is 4.90 Å². The third-order valence-corrected chi connectivity index (χ3v) is 6.04. The van der Waals surface area contributed by atoms with E-state index in [1.54, 1.807) is 7.11 Å². The summed E-state index contributed by atoms with van der Waals surface area (Å²) in [7, 11) is 1.69. The summed E-state index contributed by atoms with van der Waals surface area (Å²) in [5.41, 5.74) is 3.63. The Morgan fingerprint density at radius 2 is 1.46 bits per heavy atom. The lowest BCUT2D eigenvalue weighted by Crippen LogP contribution is -2.36. The Bertz CT molecular complexity index is 921.